The van der Waals surface area contributed by atoms with Gasteiger partial charge in [0.25, 0.3) is 0 Å². The zero-order valence-corrected chi connectivity index (χ0v) is 14.7. The molecule has 0 aliphatic rings. The van der Waals surface area contributed by atoms with E-state index in [4.69, 9.17) is 32.7 Å². The maximum Gasteiger partial charge on any atom is 0.180 e. The summed E-state index contributed by atoms with van der Waals surface area (Å²) in [6.07, 6.45) is 1.66. The van der Waals surface area contributed by atoms with Crippen molar-refractivity contribution in [2.45, 2.75) is 13.5 Å². The van der Waals surface area contributed by atoms with Gasteiger partial charge in [-0.3, -0.25) is 0 Å². The maximum atomic E-state index is 6.30. The van der Waals surface area contributed by atoms with Crippen molar-refractivity contribution in [1.82, 2.24) is 0 Å². The normalized spacial score (nSPS) is 10.3. The predicted octanol–water partition coefficient (Wildman–Crippen LogP) is 5.49. The second-order valence-electron chi connectivity index (χ2n) is 5.02. The Morgan fingerprint density at radius 3 is 2.70 bits per heavy atom. The van der Waals surface area contributed by atoms with Crippen molar-refractivity contribution in [1.29, 1.82) is 0 Å². The Morgan fingerprint density at radius 2 is 2.00 bits per heavy atom. The highest BCUT2D eigenvalue weighted by Crippen LogP contribution is 2.36. The summed E-state index contributed by atoms with van der Waals surface area (Å²) in [5, 5.41) is 4.56. The largest absolute Gasteiger partial charge is 0.493 e. The second kappa shape index (κ2) is 8.14. The van der Waals surface area contributed by atoms with Crippen LogP contribution in [0.1, 0.15) is 11.1 Å². The first-order valence-corrected chi connectivity index (χ1v) is 7.91. The van der Waals surface area contributed by atoms with Crippen molar-refractivity contribution in [3.05, 3.63) is 64.2 Å². The lowest BCUT2D eigenvalue weighted by Crippen LogP contribution is -2.03. The molecule has 0 spiro atoms. The molecule has 1 N–H and O–H groups in total. The highest BCUT2D eigenvalue weighted by Gasteiger charge is 2.12. The fourth-order valence-electron chi connectivity index (χ4n) is 2.14. The van der Waals surface area contributed by atoms with E-state index < -0.39 is 0 Å². The quantitative estimate of drug-likeness (QED) is 0.669. The van der Waals surface area contributed by atoms with Crippen LogP contribution in [0.4, 0.5) is 5.69 Å². The van der Waals surface area contributed by atoms with Gasteiger partial charge in [-0.05, 0) is 42.3 Å². The van der Waals surface area contributed by atoms with Gasteiger partial charge < -0.3 is 14.8 Å². The molecule has 122 valence electrons. The molecule has 0 aliphatic carbocycles. The number of methoxy groups -OCH3 is 1. The molecule has 3 nitrogen and oxygen atoms in total. The Balaban J connectivity index is 2.18. The Morgan fingerprint density at radius 1 is 1.22 bits per heavy atom. The zero-order valence-electron chi connectivity index (χ0n) is 13.2. The van der Waals surface area contributed by atoms with Crippen LogP contribution in [0.2, 0.25) is 10.0 Å². The van der Waals surface area contributed by atoms with Crippen LogP contribution >= 0.6 is 23.2 Å². The molecule has 0 atom stereocenters. The highest BCUT2D eigenvalue weighted by molar-refractivity contribution is 6.32. The van der Waals surface area contributed by atoms with Gasteiger partial charge in [0.05, 0.1) is 12.1 Å². The Hall–Kier alpha value is -1.84. The van der Waals surface area contributed by atoms with E-state index in [1.807, 2.05) is 37.3 Å². The second-order valence-corrected chi connectivity index (χ2v) is 5.87. The minimum atomic E-state index is 0.370. The third-order valence-electron chi connectivity index (χ3n) is 3.32. The first kappa shape index (κ1) is 17.5. The van der Waals surface area contributed by atoms with Crippen LogP contribution < -0.4 is 14.8 Å². The van der Waals surface area contributed by atoms with Gasteiger partial charge in [-0.2, -0.15) is 0 Å². The lowest BCUT2D eigenvalue weighted by atomic mass is 10.1. The number of aryl methyl sites for hydroxylation is 1. The van der Waals surface area contributed by atoms with Crippen LogP contribution in [0.3, 0.4) is 0 Å². The molecule has 2 rings (SSSR count). The zero-order chi connectivity index (χ0) is 16.8. The smallest absolute Gasteiger partial charge is 0.180 e. The van der Waals surface area contributed by atoms with E-state index >= 15 is 0 Å². The maximum absolute atomic E-state index is 6.30. The fraction of sp³-hybridized carbons (Fsp3) is 0.222. The number of anilines is 1. The van der Waals surface area contributed by atoms with Crippen LogP contribution in [0.25, 0.3) is 0 Å². The van der Waals surface area contributed by atoms with Gasteiger partial charge in [0, 0.05) is 17.3 Å². The van der Waals surface area contributed by atoms with Gasteiger partial charge in [-0.25, -0.2) is 0 Å². The van der Waals surface area contributed by atoms with Crippen LogP contribution in [0.5, 0.6) is 11.5 Å². The average Bonchev–Trinajstić information content (AvgIpc) is 2.54. The lowest BCUT2D eigenvalue weighted by molar-refractivity contribution is 0.326. The van der Waals surface area contributed by atoms with Gasteiger partial charge in [0.2, 0.25) is 0 Å². The van der Waals surface area contributed by atoms with Gasteiger partial charge in [0.15, 0.2) is 11.5 Å². The predicted molar refractivity (Wildman–Crippen MR) is 97.2 cm³/mol. The molecule has 0 unspecified atom stereocenters. The van der Waals surface area contributed by atoms with Gasteiger partial charge in [0.1, 0.15) is 6.61 Å². The third-order valence-corrected chi connectivity index (χ3v) is 3.83. The first-order valence-electron chi connectivity index (χ1n) is 7.15. The van der Waals surface area contributed by atoms with E-state index in [0.717, 1.165) is 16.8 Å². The molecule has 0 radical (unpaired) electrons. The van der Waals surface area contributed by atoms with Crippen LogP contribution in [0, 0.1) is 6.92 Å². The summed E-state index contributed by atoms with van der Waals surface area (Å²) in [6.45, 7) is 6.62. The Bertz CT molecular complexity index is 702. The summed E-state index contributed by atoms with van der Waals surface area (Å²) in [5.74, 6) is 1.12. The molecule has 0 aromatic heterocycles. The van der Waals surface area contributed by atoms with E-state index in [-0.39, 0.29) is 0 Å². The molecule has 23 heavy (non-hydrogen) atoms. The molecular weight excluding hydrogens is 333 g/mol. The standard InChI is InChI=1S/C18H19Cl2NO2/c1-4-7-23-18-15(20)8-13(9-17(18)22-3)11-21-16-10-14(19)6-5-12(16)2/h4-6,8-10,21H,1,7,11H2,2-3H3. The summed E-state index contributed by atoms with van der Waals surface area (Å²) >= 11 is 12.3. The van der Waals surface area contributed by atoms with Crippen molar-refractivity contribution in [2.75, 3.05) is 19.0 Å². The molecule has 0 saturated carbocycles. The number of benzene rings is 2. The lowest BCUT2D eigenvalue weighted by Gasteiger charge is -2.15. The molecular formula is C18H19Cl2NO2. The minimum Gasteiger partial charge on any atom is -0.493 e. The van der Waals surface area contributed by atoms with Crippen LogP contribution in [0.15, 0.2) is 43.0 Å². The van der Waals surface area contributed by atoms with Crippen molar-refractivity contribution >= 4 is 28.9 Å². The van der Waals surface area contributed by atoms with E-state index in [1.54, 1.807) is 13.2 Å². The number of hydrogen-bond donors (Lipinski definition) is 1. The molecule has 0 amide bonds. The first-order chi connectivity index (χ1) is 11.0. The Labute approximate surface area is 146 Å². The SMILES string of the molecule is C=CCOc1c(Cl)cc(CNc2cc(Cl)ccc2C)cc1OC. The van der Waals surface area contributed by atoms with E-state index in [1.165, 1.54) is 0 Å². The minimum absolute atomic E-state index is 0.370. The van der Waals surface area contributed by atoms with Gasteiger partial charge in [-0.1, -0.05) is 41.9 Å². The number of hydrogen-bond acceptors (Lipinski definition) is 3. The average molecular weight is 352 g/mol. The van der Waals surface area contributed by atoms with Crippen molar-refractivity contribution in [2.24, 2.45) is 0 Å². The summed E-state index contributed by atoms with van der Waals surface area (Å²) in [5.41, 5.74) is 3.09. The summed E-state index contributed by atoms with van der Waals surface area (Å²) in [6, 6.07) is 9.50. The molecule has 0 fully saturated rings. The van der Waals surface area contributed by atoms with Crippen LogP contribution in [-0.2, 0) is 6.54 Å². The van der Waals surface area contributed by atoms with Crippen molar-refractivity contribution in [3.63, 3.8) is 0 Å². The third kappa shape index (κ3) is 4.57. The van der Waals surface area contributed by atoms with Gasteiger partial charge in [-0.15, -0.1) is 0 Å². The topological polar surface area (TPSA) is 30.5 Å². The monoisotopic (exact) mass is 351 g/mol. The highest BCUT2D eigenvalue weighted by atomic mass is 35.5. The van der Waals surface area contributed by atoms with Crippen molar-refractivity contribution in [3.8, 4) is 11.5 Å². The molecule has 0 aliphatic heterocycles. The molecule has 0 bridgehead atoms. The summed E-state index contributed by atoms with van der Waals surface area (Å²) < 4.78 is 10.9. The molecule has 0 heterocycles. The van der Waals surface area contributed by atoms with E-state index in [2.05, 4.69) is 11.9 Å². The van der Waals surface area contributed by atoms with Gasteiger partial charge >= 0.3 is 0 Å². The summed E-state index contributed by atoms with van der Waals surface area (Å²) in [4.78, 5) is 0. The van der Waals surface area contributed by atoms with Crippen molar-refractivity contribution < 1.29 is 9.47 Å². The molecule has 5 heteroatoms. The van der Waals surface area contributed by atoms with E-state index in [0.29, 0.717) is 34.7 Å². The number of halogens is 2. The molecule has 0 saturated heterocycles. The molecule has 2 aromatic rings. The number of rotatable bonds is 7. The number of nitrogens with one attached hydrogen (secondary N) is 1. The molecule has 2 aromatic carbocycles. The Kier molecular flexibility index (Phi) is 6.20. The van der Waals surface area contributed by atoms with E-state index in [9.17, 15) is 0 Å². The fourth-order valence-corrected chi connectivity index (χ4v) is 2.60. The van der Waals surface area contributed by atoms with Crippen LogP contribution in [-0.4, -0.2) is 13.7 Å². The summed E-state index contributed by atoms with van der Waals surface area (Å²) in [7, 11) is 1.59. The number of ether oxygens (including phenoxy) is 2.